The van der Waals surface area contributed by atoms with Crippen molar-refractivity contribution >= 4 is 0 Å². The van der Waals surface area contributed by atoms with Gasteiger partial charge >= 0.3 is 0 Å². The maximum Gasteiger partial charge on any atom is 0.0507 e. The van der Waals surface area contributed by atoms with E-state index in [0.717, 1.165) is 32.2 Å². The van der Waals surface area contributed by atoms with Crippen molar-refractivity contribution in [2.24, 2.45) is 5.92 Å². The number of likely N-dealkylation sites (N-methyl/N-ethyl adjacent to an activating group) is 1. The second-order valence-corrected chi connectivity index (χ2v) is 6.42. The smallest absolute Gasteiger partial charge is 0.0507 e. The van der Waals surface area contributed by atoms with E-state index in [9.17, 15) is 0 Å². The Balaban J connectivity index is 1.47. The van der Waals surface area contributed by atoms with Crippen LogP contribution in [0.2, 0.25) is 0 Å². The van der Waals surface area contributed by atoms with Crippen LogP contribution in [0.3, 0.4) is 0 Å². The molecule has 1 N–H and O–H groups in total. The number of ether oxygens (including phenoxy) is 1. The van der Waals surface area contributed by atoms with Crippen molar-refractivity contribution in [3.05, 3.63) is 0 Å². The molecule has 0 aromatic heterocycles. The highest BCUT2D eigenvalue weighted by Gasteiger charge is 2.17. The van der Waals surface area contributed by atoms with E-state index < -0.39 is 0 Å². The molecule has 118 valence electrons. The van der Waals surface area contributed by atoms with E-state index in [4.69, 9.17) is 4.74 Å². The van der Waals surface area contributed by atoms with Crippen LogP contribution in [0.15, 0.2) is 0 Å². The molecule has 2 aliphatic rings. The van der Waals surface area contributed by atoms with Crippen molar-refractivity contribution in [3.63, 3.8) is 0 Å². The Hall–Kier alpha value is -0.200. The van der Waals surface area contributed by atoms with Crippen LogP contribution in [-0.2, 0) is 4.74 Å². The van der Waals surface area contributed by atoms with Gasteiger partial charge in [-0.2, -0.15) is 0 Å². The van der Waals surface area contributed by atoms with Crippen molar-refractivity contribution in [2.75, 3.05) is 86.2 Å². The Kier molecular flexibility index (Phi) is 7.24. The molecule has 0 spiro atoms. The first-order chi connectivity index (χ1) is 9.74. The zero-order valence-corrected chi connectivity index (χ0v) is 13.3. The molecule has 20 heavy (non-hydrogen) atoms. The first-order valence-electron chi connectivity index (χ1n) is 8.12. The third kappa shape index (κ3) is 6.06. The molecule has 2 rings (SSSR count). The summed E-state index contributed by atoms with van der Waals surface area (Å²) in [5, 5.41) is 3.58. The Morgan fingerprint density at radius 1 is 1.10 bits per heavy atom. The Labute approximate surface area is 124 Å². The van der Waals surface area contributed by atoms with Crippen molar-refractivity contribution in [1.29, 1.82) is 0 Å². The van der Waals surface area contributed by atoms with E-state index >= 15 is 0 Å². The van der Waals surface area contributed by atoms with Gasteiger partial charge in [0.05, 0.1) is 6.61 Å². The third-order valence-electron chi connectivity index (χ3n) is 4.39. The summed E-state index contributed by atoms with van der Waals surface area (Å²) in [4.78, 5) is 7.44. The molecular formula is C15H32N4O. The summed E-state index contributed by atoms with van der Waals surface area (Å²) in [6.07, 6.45) is 1.23. The SMILES string of the molecule is CN(C)CCN1CCN(CCNCC2CCOC2)CC1. The van der Waals surface area contributed by atoms with Crippen LogP contribution in [0.5, 0.6) is 0 Å². The summed E-state index contributed by atoms with van der Waals surface area (Å²) >= 11 is 0. The molecule has 0 amide bonds. The lowest BCUT2D eigenvalue weighted by Gasteiger charge is -2.35. The lowest BCUT2D eigenvalue weighted by atomic mass is 10.1. The van der Waals surface area contributed by atoms with Crippen LogP contribution in [0.1, 0.15) is 6.42 Å². The molecular weight excluding hydrogens is 252 g/mol. The van der Waals surface area contributed by atoms with E-state index in [1.807, 2.05) is 0 Å². The fourth-order valence-electron chi connectivity index (χ4n) is 2.87. The lowest BCUT2D eigenvalue weighted by molar-refractivity contribution is 0.125. The van der Waals surface area contributed by atoms with E-state index in [0.29, 0.717) is 0 Å². The third-order valence-corrected chi connectivity index (χ3v) is 4.39. The highest BCUT2D eigenvalue weighted by Crippen LogP contribution is 2.10. The minimum atomic E-state index is 0.748. The van der Waals surface area contributed by atoms with Gasteiger partial charge in [-0.15, -0.1) is 0 Å². The molecule has 2 fully saturated rings. The molecule has 2 heterocycles. The second-order valence-electron chi connectivity index (χ2n) is 6.42. The fourth-order valence-corrected chi connectivity index (χ4v) is 2.87. The van der Waals surface area contributed by atoms with Gasteiger partial charge in [-0.05, 0) is 26.4 Å². The quantitative estimate of drug-likeness (QED) is 0.624. The topological polar surface area (TPSA) is 31.0 Å². The summed E-state index contributed by atoms with van der Waals surface area (Å²) in [7, 11) is 4.30. The van der Waals surface area contributed by atoms with Gasteiger partial charge in [-0.25, -0.2) is 0 Å². The first-order valence-corrected chi connectivity index (χ1v) is 8.12. The molecule has 0 aliphatic carbocycles. The number of nitrogens with one attached hydrogen (secondary N) is 1. The molecule has 0 bridgehead atoms. The molecule has 0 aromatic rings. The standard InChI is InChI=1S/C15H32N4O/c1-17(2)6-7-19-10-8-18(9-11-19)5-4-16-13-15-3-12-20-14-15/h15-16H,3-14H2,1-2H3. The van der Waals surface area contributed by atoms with E-state index in [-0.39, 0.29) is 0 Å². The predicted octanol–water partition coefficient (Wildman–Crippen LogP) is -0.208. The maximum atomic E-state index is 5.40. The summed E-state index contributed by atoms with van der Waals surface area (Å²) < 4.78 is 5.40. The van der Waals surface area contributed by atoms with Crippen molar-refractivity contribution in [1.82, 2.24) is 20.0 Å². The molecule has 1 atom stereocenters. The van der Waals surface area contributed by atoms with Crippen LogP contribution in [0.4, 0.5) is 0 Å². The second kappa shape index (κ2) is 8.95. The largest absolute Gasteiger partial charge is 0.381 e. The normalized spacial score (nSPS) is 25.6. The zero-order valence-electron chi connectivity index (χ0n) is 13.3. The minimum absolute atomic E-state index is 0.748. The summed E-state index contributed by atoms with van der Waals surface area (Å²) in [6, 6.07) is 0. The molecule has 1 unspecified atom stereocenters. The van der Waals surface area contributed by atoms with Crippen LogP contribution >= 0.6 is 0 Å². The highest BCUT2D eigenvalue weighted by molar-refractivity contribution is 4.73. The van der Waals surface area contributed by atoms with Crippen molar-refractivity contribution < 1.29 is 4.74 Å². The molecule has 0 radical (unpaired) electrons. The first kappa shape index (κ1) is 16.2. The van der Waals surface area contributed by atoms with Gasteiger partial charge in [0.15, 0.2) is 0 Å². The number of piperazine rings is 1. The Bertz CT molecular complexity index is 248. The van der Waals surface area contributed by atoms with Gasteiger partial charge in [0.2, 0.25) is 0 Å². The predicted molar refractivity (Wildman–Crippen MR) is 83.2 cm³/mol. The summed E-state index contributed by atoms with van der Waals surface area (Å²) in [5.74, 6) is 0.748. The van der Waals surface area contributed by atoms with Crippen LogP contribution in [-0.4, -0.2) is 101 Å². The van der Waals surface area contributed by atoms with E-state index in [1.165, 1.54) is 52.2 Å². The molecule has 2 saturated heterocycles. The Morgan fingerprint density at radius 3 is 2.40 bits per heavy atom. The molecule has 2 aliphatic heterocycles. The van der Waals surface area contributed by atoms with Crippen LogP contribution in [0.25, 0.3) is 0 Å². The van der Waals surface area contributed by atoms with E-state index in [1.54, 1.807) is 0 Å². The summed E-state index contributed by atoms with van der Waals surface area (Å²) in [6.45, 7) is 12.6. The van der Waals surface area contributed by atoms with Gasteiger partial charge in [-0.3, -0.25) is 9.80 Å². The number of nitrogens with zero attached hydrogens (tertiary/aromatic N) is 3. The maximum absolute atomic E-state index is 5.40. The number of rotatable bonds is 8. The van der Waals surface area contributed by atoms with E-state index in [2.05, 4.69) is 34.1 Å². The van der Waals surface area contributed by atoms with Crippen LogP contribution in [0, 0.1) is 5.92 Å². The number of hydrogen-bond donors (Lipinski definition) is 1. The van der Waals surface area contributed by atoms with Gasteiger partial charge < -0.3 is 15.0 Å². The van der Waals surface area contributed by atoms with Gasteiger partial charge in [0.25, 0.3) is 0 Å². The number of hydrogen-bond acceptors (Lipinski definition) is 5. The minimum Gasteiger partial charge on any atom is -0.381 e. The average molecular weight is 284 g/mol. The fraction of sp³-hybridized carbons (Fsp3) is 1.00. The molecule has 0 aromatic carbocycles. The molecule has 0 saturated carbocycles. The van der Waals surface area contributed by atoms with Crippen molar-refractivity contribution in [3.8, 4) is 0 Å². The summed E-state index contributed by atoms with van der Waals surface area (Å²) in [5.41, 5.74) is 0. The average Bonchev–Trinajstić information content (AvgIpc) is 2.96. The highest BCUT2D eigenvalue weighted by atomic mass is 16.5. The van der Waals surface area contributed by atoms with Gasteiger partial charge in [0, 0.05) is 65.5 Å². The van der Waals surface area contributed by atoms with Crippen molar-refractivity contribution in [2.45, 2.75) is 6.42 Å². The molecule has 5 heteroatoms. The lowest BCUT2D eigenvalue weighted by Crippen LogP contribution is -2.49. The Morgan fingerprint density at radius 2 is 1.80 bits per heavy atom. The van der Waals surface area contributed by atoms with Gasteiger partial charge in [0.1, 0.15) is 0 Å². The van der Waals surface area contributed by atoms with Gasteiger partial charge in [-0.1, -0.05) is 0 Å². The zero-order chi connectivity index (χ0) is 14.2. The molecule has 5 nitrogen and oxygen atoms in total. The monoisotopic (exact) mass is 284 g/mol. The van der Waals surface area contributed by atoms with Crippen LogP contribution < -0.4 is 5.32 Å².